The standard InChI is InChI=1S/C16H26O2/c1-12(2)16-9-8-13(3)11-15(16)7-5-6-10-18-14(4)17/h11,15-16H,1,5-10H2,2-4H3/t15?,16-/m0/s1. The maximum absolute atomic E-state index is 10.6. The Hall–Kier alpha value is -1.05. The molecule has 0 bridgehead atoms. The van der Waals surface area contributed by atoms with Crippen molar-refractivity contribution in [3.63, 3.8) is 0 Å². The van der Waals surface area contributed by atoms with E-state index < -0.39 is 0 Å². The number of carbonyl (C=O) groups excluding carboxylic acids is 1. The molecule has 0 N–H and O–H groups in total. The van der Waals surface area contributed by atoms with E-state index >= 15 is 0 Å². The van der Waals surface area contributed by atoms with E-state index in [9.17, 15) is 4.79 Å². The third-order valence-electron chi connectivity index (χ3n) is 3.74. The van der Waals surface area contributed by atoms with Gasteiger partial charge in [0.1, 0.15) is 0 Å². The highest BCUT2D eigenvalue weighted by atomic mass is 16.5. The van der Waals surface area contributed by atoms with Crippen LogP contribution in [0.15, 0.2) is 23.8 Å². The van der Waals surface area contributed by atoms with Crippen LogP contribution < -0.4 is 0 Å². The van der Waals surface area contributed by atoms with Gasteiger partial charge in [-0.2, -0.15) is 0 Å². The average Bonchev–Trinajstić information content (AvgIpc) is 2.27. The Kier molecular flexibility index (Phi) is 6.17. The average molecular weight is 250 g/mol. The van der Waals surface area contributed by atoms with Crippen LogP contribution in [0.1, 0.15) is 52.9 Å². The molecule has 2 heteroatoms. The quantitative estimate of drug-likeness (QED) is 0.400. The molecule has 0 aliphatic heterocycles. The van der Waals surface area contributed by atoms with Gasteiger partial charge in [0.05, 0.1) is 6.61 Å². The minimum atomic E-state index is -0.178. The van der Waals surface area contributed by atoms with Gasteiger partial charge in [-0.05, 0) is 57.8 Å². The molecule has 0 amide bonds. The van der Waals surface area contributed by atoms with E-state index in [1.165, 1.54) is 37.3 Å². The van der Waals surface area contributed by atoms with Gasteiger partial charge in [-0.1, -0.05) is 23.8 Å². The molecule has 2 atom stereocenters. The second-order valence-electron chi connectivity index (χ2n) is 5.50. The molecule has 0 fully saturated rings. The van der Waals surface area contributed by atoms with Crippen LogP contribution >= 0.6 is 0 Å². The lowest BCUT2D eigenvalue weighted by Crippen LogP contribution is -2.18. The van der Waals surface area contributed by atoms with Gasteiger partial charge in [0.25, 0.3) is 0 Å². The van der Waals surface area contributed by atoms with Crippen LogP contribution in [0.25, 0.3) is 0 Å². The molecule has 0 heterocycles. The summed E-state index contributed by atoms with van der Waals surface area (Å²) in [5.41, 5.74) is 2.82. The van der Waals surface area contributed by atoms with E-state index in [4.69, 9.17) is 4.74 Å². The molecule has 0 aromatic carbocycles. The molecule has 0 saturated heterocycles. The molecule has 102 valence electrons. The van der Waals surface area contributed by atoms with Crippen molar-refractivity contribution in [2.24, 2.45) is 11.8 Å². The first-order valence-electron chi connectivity index (χ1n) is 6.96. The van der Waals surface area contributed by atoms with Crippen molar-refractivity contribution >= 4 is 5.97 Å². The van der Waals surface area contributed by atoms with Crippen molar-refractivity contribution in [2.75, 3.05) is 6.61 Å². The predicted molar refractivity (Wildman–Crippen MR) is 75.3 cm³/mol. The molecular formula is C16H26O2. The number of unbranched alkanes of at least 4 members (excludes halogenated alkanes) is 1. The number of carbonyl (C=O) groups is 1. The Morgan fingerprint density at radius 3 is 2.78 bits per heavy atom. The molecule has 0 spiro atoms. The van der Waals surface area contributed by atoms with Crippen molar-refractivity contribution in [2.45, 2.75) is 52.9 Å². The van der Waals surface area contributed by atoms with Crippen LogP contribution in [0.4, 0.5) is 0 Å². The van der Waals surface area contributed by atoms with Crippen LogP contribution in [0.2, 0.25) is 0 Å². The van der Waals surface area contributed by atoms with Crippen LogP contribution in [0, 0.1) is 11.8 Å². The Morgan fingerprint density at radius 1 is 1.44 bits per heavy atom. The van der Waals surface area contributed by atoms with Gasteiger partial charge >= 0.3 is 5.97 Å². The predicted octanol–water partition coefficient (Wildman–Crippen LogP) is 4.27. The Bertz CT molecular complexity index is 328. The summed E-state index contributed by atoms with van der Waals surface area (Å²) in [6, 6.07) is 0. The van der Waals surface area contributed by atoms with Crippen molar-refractivity contribution in [3.05, 3.63) is 23.8 Å². The van der Waals surface area contributed by atoms with E-state index in [1.807, 2.05) is 0 Å². The van der Waals surface area contributed by atoms with E-state index in [-0.39, 0.29) is 5.97 Å². The summed E-state index contributed by atoms with van der Waals surface area (Å²) < 4.78 is 4.95. The third-order valence-corrected chi connectivity index (χ3v) is 3.74. The number of ether oxygens (including phenoxy) is 1. The normalized spacial score (nSPS) is 23.4. The number of allylic oxidation sites excluding steroid dienone is 3. The fourth-order valence-corrected chi connectivity index (χ4v) is 2.76. The highest BCUT2D eigenvalue weighted by Gasteiger charge is 2.23. The molecule has 0 aromatic rings. The minimum absolute atomic E-state index is 0.178. The van der Waals surface area contributed by atoms with E-state index in [2.05, 4.69) is 26.5 Å². The second kappa shape index (κ2) is 7.40. The molecule has 18 heavy (non-hydrogen) atoms. The van der Waals surface area contributed by atoms with Gasteiger partial charge < -0.3 is 4.74 Å². The van der Waals surface area contributed by atoms with Gasteiger partial charge in [-0.25, -0.2) is 0 Å². The maximum atomic E-state index is 10.6. The smallest absolute Gasteiger partial charge is 0.302 e. The number of hydrogen-bond donors (Lipinski definition) is 0. The first kappa shape index (κ1) is 15.0. The molecule has 2 nitrogen and oxygen atoms in total. The van der Waals surface area contributed by atoms with E-state index in [0.29, 0.717) is 18.4 Å². The molecule has 1 aliphatic carbocycles. The van der Waals surface area contributed by atoms with Crippen molar-refractivity contribution in [1.29, 1.82) is 0 Å². The molecule has 1 unspecified atom stereocenters. The Morgan fingerprint density at radius 2 is 2.17 bits per heavy atom. The summed E-state index contributed by atoms with van der Waals surface area (Å²) in [6.07, 6.45) is 8.13. The number of rotatable bonds is 6. The topological polar surface area (TPSA) is 26.3 Å². The van der Waals surface area contributed by atoms with Gasteiger partial charge in [0, 0.05) is 6.92 Å². The fourth-order valence-electron chi connectivity index (χ4n) is 2.76. The van der Waals surface area contributed by atoms with Crippen LogP contribution in [-0.4, -0.2) is 12.6 Å². The van der Waals surface area contributed by atoms with Gasteiger partial charge in [0.15, 0.2) is 0 Å². The highest BCUT2D eigenvalue weighted by Crippen LogP contribution is 2.35. The molecule has 1 rings (SSSR count). The van der Waals surface area contributed by atoms with Gasteiger partial charge in [-0.3, -0.25) is 4.79 Å². The van der Waals surface area contributed by atoms with Crippen LogP contribution in [0.3, 0.4) is 0 Å². The van der Waals surface area contributed by atoms with E-state index in [1.54, 1.807) is 0 Å². The van der Waals surface area contributed by atoms with Crippen molar-refractivity contribution < 1.29 is 9.53 Å². The monoisotopic (exact) mass is 250 g/mol. The zero-order valence-electron chi connectivity index (χ0n) is 12.0. The number of hydrogen-bond acceptors (Lipinski definition) is 2. The largest absolute Gasteiger partial charge is 0.466 e. The first-order valence-corrected chi connectivity index (χ1v) is 6.96. The summed E-state index contributed by atoms with van der Waals surface area (Å²) in [6.45, 7) is 10.5. The lowest BCUT2D eigenvalue weighted by Gasteiger charge is -2.30. The zero-order valence-corrected chi connectivity index (χ0v) is 12.0. The minimum Gasteiger partial charge on any atom is -0.466 e. The molecule has 0 aromatic heterocycles. The van der Waals surface area contributed by atoms with Crippen LogP contribution in [-0.2, 0) is 9.53 Å². The number of esters is 1. The SMILES string of the molecule is C=C(C)[C@@H]1CCC(C)=CC1CCCCOC(C)=O. The van der Waals surface area contributed by atoms with Crippen molar-refractivity contribution in [1.82, 2.24) is 0 Å². The fraction of sp³-hybridized carbons (Fsp3) is 0.688. The van der Waals surface area contributed by atoms with Crippen LogP contribution in [0.5, 0.6) is 0 Å². The summed E-state index contributed by atoms with van der Waals surface area (Å²) in [5.74, 6) is 1.10. The van der Waals surface area contributed by atoms with E-state index in [0.717, 1.165) is 12.8 Å². The summed E-state index contributed by atoms with van der Waals surface area (Å²) in [7, 11) is 0. The first-order chi connectivity index (χ1) is 8.50. The molecule has 0 radical (unpaired) electrons. The van der Waals surface area contributed by atoms with Gasteiger partial charge in [0.2, 0.25) is 0 Å². The molecule has 0 saturated carbocycles. The lowest BCUT2D eigenvalue weighted by atomic mass is 9.75. The van der Waals surface area contributed by atoms with Crippen molar-refractivity contribution in [3.8, 4) is 0 Å². The lowest BCUT2D eigenvalue weighted by molar-refractivity contribution is -0.141. The molecular weight excluding hydrogens is 224 g/mol. The second-order valence-corrected chi connectivity index (χ2v) is 5.50. The summed E-state index contributed by atoms with van der Waals surface area (Å²) >= 11 is 0. The maximum Gasteiger partial charge on any atom is 0.302 e. The highest BCUT2D eigenvalue weighted by molar-refractivity contribution is 5.65. The third kappa shape index (κ3) is 5.07. The Balaban J connectivity index is 2.35. The Labute approximate surface area is 111 Å². The summed E-state index contributed by atoms with van der Waals surface area (Å²) in [5, 5.41) is 0. The van der Waals surface area contributed by atoms with Gasteiger partial charge in [-0.15, -0.1) is 0 Å². The summed E-state index contributed by atoms with van der Waals surface area (Å²) in [4.78, 5) is 10.6. The zero-order chi connectivity index (χ0) is 13.5. The molecule has 1 aliphatic rings.